The van der Waals surface area contributed by atoms with Gasteiger partial charge in [0, 0.05) is 28.8 Å². The van der Waals surface area contributed by atoms with E-state index in [-0.39, 0.29) is 36.1 Å². The largest absolute Gasteiger partial charge is 0.495 e. The molecule has 3 aliphatic carbocycles. The molecule has 3 saturated carbocycles. The van der Waals surface area contributed by atoms with Gasteiger partial charge in [0.25, 0.3) is 0 Å². The molecule has 2 aromatic heterocycles. The molecule has 8 atom stereocenters. The molecule has 3 heterocycles. The molecule has 16 heteroatoms. The Bertz CT molecular complexity index is 2080. The van der Waals surface area contributed by atoms with E-state index in [1.54, 1.807) is 18.2 Å². The number of halogens is 1. The fraction of sp³-hybridized carbons (Fsp3) is 0.610. The Hall–Kier alpha value is -4.37. The van der Waals surface area contributed by atoms with Crippen molar-refractivity contribution in [3.05, 3.63) is 28.1 Å². The summed E-state index contributed by atoms with van der Waals surface area (Å²) in [5.41, 5.74) is -0.610. The van der Waals surface area contributed by atoms with Crippen LogP contribution >= 0.6 is 22.9 Å². The van der Waals surface area contributed by atoms with Gasteiger partial charge < -0.3 is 40.2 Å². The number of aliphatic carboxylic acids is 1. The zero-order valence-electron chi connectivity index (χ0n) is 33.7. The number of thiazole rings is 1. The summed E-state index contributed by atoms with van der Waals surface area (Å²) in [4.78, 5) is 66.8. The van der Waals surface area contributed by atoms with E-state index in [4.69, 9.17) is 35.8 Å². The van der Waals surface area contributed by atoms with Crippen molar-refractivity contribution in [1.82, 2.24) is 25.5 Å². The summed E-state index contributed by atoms with van der Waals surface area (Å²) in [5.74, 6) is -0.393. The summed E-state index contributed by atoms with van der Waals surface area (Å²) >= 11 is 8.36. The average molecular weight is 825 g/mol. The lowest BCUT2D eigenvalue weighted by molar-refractivity contribution is -0.146. The standard InChI is InChI=1S/C41H53ClN6O8S/c1-9-23-17-41(23,37(51)52)47-35(49)28-15-25(18-48(28)36(50)34(40(5,6)7)46-39(53)56-24-13-21-12-22(21)14-24)55-30-16-27(32-20(4)57-38(45-32)43-19(2)3)44-33-26(30)10-11-29(54-8)31(33)42/h10-11,16,19,21-25,28,34H,9,12-15,17-18H2,1-8H3,(H,43,45)(H,46,53)(H,47,49)(H,51,52)/t21-,22+,23-,24?,25-,28+,34-,41-/m1/s1. The number of carboxylic acids is 1. The number of pyridine rings is 1. The predicted octanol–water partition coefficient (Wildman–Crippen LogP) is 6.81. The molecular formula is C41H53ClN6O8S. The van der Waals surface area contributed by atoms with Gasteiger partial charge in [0.2, 0.25) is 11.8 Å². The maximum atomic E-state index is 14.7. The lowest BCUT2D eigenvalue weighted by Gasteiger charge is -2.35. The van der Waals surface area contributed by atoms with Gasteiger partial charge in [-0.2, -0.15) is 0 Å². The van der Waals surface area contributed by atoms with E-state index in [0.29, 0.717) is 58.5 Å². The minimum absolute atomic E-state index is 0.0231. The highest BCUT2D eigenvalue weighted by Crippen LogP contribution is 2.52. The van der Waals surface area contributed by atoms with Crippen LogP contribution in [0.1, 0.15) is 84.9 Å². The third kappa shape index (κ3) is 8.19. The second kappa shape index (κ2) is 15.4. The van der Waals surface area contributed by atoms with Crippen LogP contribution in [0, 0.1) is 30.1 Å². The van der Waals surface area contributed by atoms with Gasteiger partial charge in [-0.15, -0.1) is 11.3 Å². The van der Waals surface area contributed by atoms with E-state index >= 15 is 0 Å². The maximum Gasteiger partial charge on any atom is 0.408 e. The fourth-order valence-electron chi connectivity index (χ4n) is 8.55. The summed E-state index contributed by atoms with van der Waals surface area (Å²) in [5, 5.41) is 20.8. The van der Waals surface area contributed by atoms with Crippen molar-refractivity contribution >= 4 is 62.8 Å². The fourth-order valence-corrected chi connectivity index (χ4v) is 9.80. The highest BCUT2D eigenvalue weighted by Gasteiger charge is 2.61. The van der Waals surface area contributed by atoms with Crippen LogP contribution in [0.25, 0.3) is 22.3 Å². The van der Waals surface area contributed by atoms with Gasteiger partial charge in [0.15, 0.2) is 5.13 Å². The van der Waals surface area contributed by atoms with E-state index < -0.39 is 53.0 Å². The Morgan fingerprint density at radius 2 is 1.79 bits per heavy atom. The first kappa shape index (κ1) is 40.8. The lowest BCUT2D eigenvalue weighted by Crippen LogP contribution is -2.59. The summed E-state index contributed by atoms with van der Waals surface area (Å²) in [6.45, 7) is 13.4. The Morgan fingerprint density at radius 3 is 2.40 bits per heavy atom. The number of carbonyl (C=O) groups is 4. The van der Waals surface area contributed by atoms with Crippen LogP contribution in [-0.2, 0) is 19.1 Å². The van der Waals surface area contributed by atoms with Crippen molar-refractivity contribution in [2.75, 3.05) is 19.0 Å². The van der Waals surface area contributed by atoms with Crippen LogP contribution < -0.4 is 25.4 Å². The Balaban J connectivity index is 1.21. The number of benzene rings is 1. The number of aromatic nitrogens is 2. The Labute approximate surface area is 341 Å². The average Bonchev–Trinajstić information content (AvgIpc) is 3.86. The molecule has 0 bridgehead atoms. The van der Waals surface area contributed by atoms with Crippen molar-refractivity contribution in [1.29, 1.82) is 0 Å². The number of hydrogen-bond donors (Lipinski definition) is 4. The molecular weight excluding hydrogens is 772 g/mol. The number of hydrogen-bond acceptors (Lipinski definition) is 11. The van der Waals surface area contributed by atoms with Gasteiger partial charge in [-0.25, -0.2) is 19.6 Å². The molecule has 1 aliphatic heterocycles. The first-order chi connectivity index (χ1) is 26.9. The smallest absolute Gasteiger partial charge is 0.408 e. The number of ether oxygens (including phenoxy) is 3. The molecule has 1 aromatic carbocycles. The van der Waals surface area contributed by atoms with Crippen molar-refractivity contribution in [2.45, 2.75) is 123 Å². The van der Waals surface area contributed by atoms with Gasteiger partial charge in [0.1, 0.15) is 52.0 Å². The van der Waals surface area contributed by atoms with Gasteiger partial charge in [-0.05, 0) is 81.8 Å². The highest BCUT2D eigenvalue weighted by molar-refractivity contribution is 7.16. The molecule has 3 amide bonds. The zero-order valence-corrected chi connectivity index (χ0v) is 35.3. The topological polar surface area (TPSA) is 181 Å². The minimum Gasteiger partial charge on any atom is -0.495 e. The molecule has 3 aromatic rings. The van der Waals surface area contributed by atoms with Gasteiger partial charge in [-0.1, -0.05) is 45.7 Å². The van der Waals surface area contributed by atoms with Crippen LogP contribution in [0.15, 0.2) is 18.2 Å². The number of methoxy groups -OCH3 is 1. The van der Waals surface area contributed by atoms with E-state index in [2.05, 4.69) is 16.0 Å². The molecule has 7 rings (SSSR count). The quantitative estimate of drug-likeness (QED) is 0.142. The van der Waals surface area contributed by atoms with Crippen molar-refractivity contribution in [3.8, 4) is 22.9 Å². The number of anilines is 1. The van der Waals surface area contributed by atoms with E-state index in [0.717, 1.165) is 22.9 Å². The maximum absolute atomic E-state index is 14.7. The van der Waals surface area contributed by atoms with Crippen LogP contribution in [-0.4, -0.2) is 93.4 Å². The summed E-state index contributed by atoms with van der Waals surface area (Å²) < 4.78 is 18.0. The van der Waals surface area contributed by atoms with Gasteiger partial charge in [-0.3, -0.25) is 9.59 Å². The molecule has 0 spiro atoms. The number of nitrogens with zero attached hydrogens (tertiary/aromatic N) is 3. The van der Waals surface area contributed by atoms with Crippen molar-refractivity contribution < 1.29 is 38.5 Å². The lowest BCUT2D eigenvalue weighted by atomic mass is 9.85. The first-order valence-corrected chi connectivity index (χ1v) is 21.0. The third-order valence-corrected chi connectivity index (χ3v) is 13.1. The van der Waals surface area contributed by atoms with E-state index in [1.807, 2.05) is 48.5 Å². The number of rotatable bonds is 13. The summed E-state index contributed by atoms with van der Waals surface area (Å²) in [6, 6.07) is 3.30. The molecule has 308 valence electrons. The summed E-state index contributed by atoms with van der Waals surface area (Å²) in [6.07, 6.45) is 2.16. The van der Waals surface area contributed by atoms with Crippen LogP contribution in [0.3, 0.4) is 0 Å². The molecule has 57 heavy (non-hydrogen) atoms. The van der Waals surface area contributed by atoms with Crippen molar-refractivity contribution in [2.24, 2.45) is 23.2 Å². The first-order valence-electron chi connectivity index (χ1n) is 19.8. The molecule has 1 saturated heterocycles. The van der Waals surface area contributed by atoms with E-state index in [1.165, 1.54) is 29.8 Å². The molecule has 4 aliphatic rings. The number of aryl methyl sites for hydroxylation is 1. The van der Waals surface area contributed by atoms with E-state index in [9.17, 15) is 24.3 Å². The number of likely N-dealkylation sites (tertiary alicyclic amines) is 1. The van der Waals surface area contributed by atoms with Gasteiger partial charge >= 0.3 is 12.1 Å². The number of amides is 3. The van der Waals surface area contributed by atoms with Crippen LogP contribution in [0.5, 0.6) is 11.5 Å². The van der Waals surface area contributed by atoms with Crippen LogP contribution in [0.4, 0.5) is 9.93 Å². The second-order valence-electron chi connectivity index (χ2n) is 17.5. The third-order valence-electron chi connectivity index (χ3n) is 11.8. The molecule has 1 unspecified atom stereocenters. The molecule has 14 nitrogen and oxygen atoms in total. The number of alkyl carbamates (subject to hydrolysis) is 1. The van der Waals surface area contributed by atoms with Crippen LogP contribution in [0.2, 0.25) is 5.02 Å². The molecule has 4 fully saturated rings. The predicted molar refractivity (Wildman–Crippen MR) is 217 cm³/mol. The normalized spacial score (nSPS) is 26.8. The van der Waals surface area contributed by atoms with Crippen molar-refractivity contribution in [3.63, 3.8) is 0 Å². The summed E-state index contributed by atoms with van der Waals surface area (Å²) in [7, 11) is 1.52. The second-order valence-corrected chi connectivity index (χ2v) is 19.0. The monoisotopic (exact) mass is 824 g/mol. The Morgan fingerprint density at radius 1 is 1.07 bits per heavy atom. The SMILES string of the molecule is CC[C@@H]1C[C@]1(NC(=O)[C@@H]1C[C@@H](Oc2cc(-c3nc(NC(C)C)sc3C)nc3c(Cl)c(OC)ccc23)CN1C(=O)[C@@H](NC(=O)OC1C[C@@H]2C[C@@H]2C1)C(C)(C)C)C(=O)O. The number of nitrogens with one attached hydrogen (secondary N) is 3. The molecule has 4 N–H and O–H groups in total. The minimum atomic E-state index is -1.41. The van der Waals surface area contributed by atoms with Gasteiger partial charge in [0.05, 0.1) is 24.9 Å². The highest BCUT2D eigenvalue weighted by atomic mass is 35.5. The zero-order chi connectivity index (χ0) is 41.1. The number of fused-ring (bicyclic) bond motifs is 2. The Kier molecular flexibility index (Phi) is 11.0. The molecule has 0 radical (unpaired) electrons. The number of carboxylic acid groups (broad SMARTS) is 1. The number of carbonyl (C=O) groups excluding carboxylic acids is 3.